The first-order valence-electron chi connectivity index (χ1n) is 8.13. The fourth-order valence-corrected chi connectivity index (χ4v) is 3.69. The van der Waals surface area contributed by atoms with Gasteiger partial charge in [-0.05, 0) is 42.9 Å². The Morgan fingerprint density at radius 2 is 2.04 bits per heavy atom. The molecule has 1 heterocycles. The number of hydrogen-bond donors (Lipinski definition) is 2. The number of benzene rings is 1. The van der Waals surface area contributed by atoms with E-state index in [1.165, 1.54) is 18.9 Å². The Bertz CT molecular complexity index is 559. The number of alkyl halides is 3. The molecule has 1 amide bonds. The fraction of sp³-hybridized carbons (Fsp3) is 0.588. The summed E-state index contributed by atoms with van der Waals surface area (Å²) in [6.07, 6.45) is 1.17. The molecule has 3 nitrogen and oxygen atoms in total. The van der Waals surface area contributed by atoms with E-state index in [0.29, 0.717) is 17.5 Å². The molecule has 2 aliphatic rings. The van der Waals surface area contributed by atoms with Crippen LogP contribution in [0.4, 0.5) is 13.2 Å². The third kappa shape index (κ3) is 3.86. The number of carbonyl (C=O) groups excluding carboxylic acids is 1. The molecule has 23 heavy (non-hydrogen) atoms. The van der Waals surface area contributed by atoms with Crippen LogP contribution in [0.2, 0.25) is 0 Å². The van der Waals surface area contributed by atoms with E-state index >= 15 is 0 Å². The Balaban J connectivity index is 1.55. The average Bonchev–Trinajstić information content (AvgIpc) is 2.96. The molecule has 2 fully saturated rings. The molecule has 1 saturated carbocycles. The number of halogens is 3. The van der Waals surface area contributed by atoms with Crippen molar-refractivity contribution >= 4 is 5.91 Å². The van der Waals surface area contributed by atoms with E-state index in [1.54, 1.807) is 6.07 Å². The lowest BCUT2D eigenvalue weighted by atomic mass is 9.85. The lowest BCUT2D eigenvalue weighted by molar-refractivity contribution is -0.137. The lowest BCUT2D eigenvalue weighted by Gasteiger charge is -2.24. The van der Waals surface area contributed by atoms with Crippen molar-refractivity contribution in [3.05, 3.63) is 35.4 Å². The van der Waals surface area contributed by atoms with Crippen molar-refractivity contribution in [2.24, 2.45) is 5.92 Å². The number of carbonyl (C=O) groups is 1. The third-order valence-electron chi connectivity index (χ3n) is 4.90. The van der Waals surface area contributed by atoms with Gasteiger partial charge in [0.2, 0.25) is 5.91 Å². The summed E-state index contributed by atoms with van der Waals surface area (Å²) in [5, 5.41) is 6.13. The van der Waals surface area contributed by atoms with E-state index in [4.69, 9.17) is 0 Å². The highest BCUT2D eigenvalue weighted by Gasteiger charge is 2.38. The number of fused-ring (bicyclic) bond motifs is 1. The first-order chi connectivity index (χ1) is 10.9. The highest BCUT2D eigenvalue weighted by molar-refractivity contribution is 5.82. The number of rotatable bonds is 3. The maximum absolute atomic E-state index is 12.7. The number of hydrogen-bond acceptors (Lipinski definition) is 2. The van der Waals surface area contributed by atoms with Gasteiger partial charge in [-0.25, -0.2) is 0 Å². The van der Waals surface area contributed by atoms with Crippen molar-refractivity contribution in [2.75, 3.05) is 0 Å². The van der Waals surface area contributed by atoms with Crippen LogP contribution < -0.4 is 10.6 Å². The molecule has 1 aliphatic carbocycles. The monoisotopic (exact) mass is 326 g/mol. The van der Waals surface area contributed by atoms with E-state index in [1.807, 2.05) is 0 Å². The van der Waals surface area contributed by atoms with Crippen molar-refractivity contribution < 1.29 is 18.0 Å². The molecule has 0 aromatic heterocycles. The van der Waals surface area contributed by atoms with Crippen molar-refractivity contribution in [2.45, 2.75) is 56.9 Å². The van der Waals surface area contributed by atoms with Gasteiger partial charge >= 0.3 is 6.18 Å². The molecular weight excluding hydrogens is 305 g/mol. The molecule has 3 rings (SSSR count). The van der Waals surface area contributed by atoms with Crippen LogP contribution in [0.5, 0.6) is 0 Å². The molecule has 1 saturated heterocycles. The molecule has 126 valence electrons. The van der Waals surface area contributed by atoms with Gasteiger partial charge in [0.15, 0.2) is 0 Å². The smallest absolute Gasteiger partial charge is 0.351 e. The maximum Gasteiger partial charge on any atom is 0.416 e. The zero-order valence-corrected chi connectivity index (χ0v) is 12.8. The third-order valence-corrected chi connectivity index (χ3v) is 4.90. The minimum atomic E-state index is -4.36. The van der Waals surface area contributed by atoms with E-state index in [9.17, 15) is 18.0 Å². The summed E-state index contributed by atoms with van der Waals surface area (Å²) >= 11 is 0. The van der Waals surface area contributed by atoms with Crippen LogP contribution in [0.15, 0.2) is 24.3 Å². The van der Waals surface area contributed by atoms with E-state index < -0.39 is 11.7 Å². The molecular formula is C17H21F3N2O. The summed E-state index contributed by atoms with van der Waals surface area (Å²) in [6.45, 7) is 0.121. The summed E-state index contributed by atoms with van der Waals surface area (Å²) in [7, 11) is 0. The Morgan fingerprint density at radius 3 is 2.78 bits per heavy atom. The zero-order valence-electron chi connectivity index (χ0n) is 12.8. The Hall–Kier alpha value is -1.56. The highest BCUT2D eigenvalue weighted by atomic mass is 19.4. The van der Waals surface area contributed by atoms with Crippen LogP contribution in [0, 0.1) is 5.92 Å². The summed E-state index contributed by atoms with van der Waals surface area (Å²) in [6, 6.07) is 5.29. The van der Waals surface area contributed by atoms with Crippen molar-refractivity contribution in [3.8, 4) is 0 Å². The first kappa shape index (κ1) is 16.3. The van der Waals surface area contributed by atoms with Gasteiger partial charge in [-0.1, -0.05) is 25.0 Å². The van der Waals surface area contributed by atoms with E-state index in [0.717, 1.165) is 31.4 Å². The number of amides is 1. The molecule has 0 spiro atoms. The largest absolute Gasteiger partial charge is 0.416 e. The van der Waals surface area contributed by atoms with E-state index in [-0.39, 0.29) is 18.5 Å². The fourth-order valence-electron chi connectivity index (χ4n) is 3.69. The summed E-state index contributed by atoms with van der Waals surface area (Å²) in [5.41, 5.74) is -0.224. The highest BCUT2D eigenvalue weighted by Crippen LogP contribution is 2.33. The Labute approximate surface area is 133 Å². The van der Waals surface area contributed by atoms with Crippen LogP contribution in [0.3, 0.4) is 0 Å². The number of nitrogens with one attached hydrogen (secondary N) is 2. The van der Waals surface area contributed by atoms with Crippen LogP contribution in [0.1, 0.15) is 43.2 Å². The van der Waals surface area contributed by atoms with Gasteiger partial charge in [0.05, 0.1) is 11.6 Å². The predicted octanol–water partition coefficient (Wildman–Crippen LogP) is 3.24. The summed E-state index contributed by atoms with van der Waals surface area (Å²) < 4.78 is 38.1. The summed E-state index contributed by atoms with van der Waals surface area (Å²) in [5.74, 6) is 0.449. The quantitative estimate of drug-likeness (QED) is 0.895. The van der Waals surface area contributed by atoms with Crippen LogP contribution in [-0.4, -0.2) is 18.0 Å². The first-order valence-corrected chi connectivity index (χ1v) is 8.13. The molecule has 1 aliphatic heterocycles. The van der Waals surface area contributed by atoms with Gasteiger partial charge in [0, 0.05) is 12.6 Å². The van der Waals surface area contributed by atoms with Crippen molar-refractivity contribution in [1.29, 1.82) is 0 Å². The molecule has 0 bridgehead atoms. The minimum Gasteiger partial charge on any atom is -0.351 e. The molecule has 3 atom stereocenters. The van der Waals surface area contributed by atoms with Crippen molar-refractivity contribution in [1.82, 2.24) is 10.6 Å². The van der Waals surface area contributed by atoms with E-state index in [2.05, 4.69) is 10.6 Å². The van der Waals surface area contributed by atoms with Crippen molar-refractivity contribution in [3.63, 3.8) is 0 Å². The molecule has 6 heteroatoms. The Kier molecular flexibility index (Phi) is 4.62. The van der Waals surface area contributed by atoms with Crippen LogP contribution in [0.25, 0.3) is 0 Å². The molecule has 0 radical (unpaired) electrons. The van der Waals surface area contributed by atoms with Crippen LogP contribution in [-0.2, 0) is 17.5 Å². The van der Waals surface area contributed by atoms with Gasteiger partial charge in [0.1, 0.15) is 0 Å². The van der Waals surface area contributed by atoms with Gasteiger partial charge in [0.25, 0.3) is 0 Å². The molecule has 1 aromatic rings. The SMILES string of the molecule is O=C(NCc1cccc(C(F)(F)F)c1)C1CC2CCCCC2N1. The zero-order chi connectivity index (χ0) is 16.4. The predicted molar refractivity (Wildman–Crippen MR) is 80.6 cm³/mol. The average molecular weight is 326 g/mol. The second-order valence-corrected chi connectivity index (χ2v) is 6.52. The molecule has 3 unspecified atom stereocenters. The van der Waals surface area contributed by atoms with Gasteiger partial charge in [-0.2, -0.15) is 13.2 Å². The topological polar surface area (TPSA) is 41.1 Å². The van der Waals surface area contributed by atoms with Crippen LogP contribution >= 0.6 is 0 Å². The standard InChI is InChI=1S/C17H21F3N2O/c18-17(19,20)13-6-3-4-11(8-13)10-21-16(23)15-9-12-5-1-2-7-14(12)22-15/h3-4,6,8,12,14-15,22H,1-2,5,7,9-10H2,(H,21,23). The molecule has 2 N–H and O–H groups in total. The minimum absolute atomic E-state index is 0.114. The lowest BCUT2D eigenvalue weighted by Crippen LogP contribution is -2.42. The van der Waals surface area contributed by atoms with Gasteiger partial charge in [-0.15, -0.1) is 0 Å². The maximum atomic E-state index is 12.7. The Morgan fingerprint density at radius 1 is 1.26 bits per heavy atom. The van der Waals surface area contributed by atoms with Gasteiger partial charge < -0.3 is 10.6 Å². The second kappa shape index (κ2) is 6.51. The van der Waals surface area contributed by atoms with Gasteiger partial charge in [-0.3, -0.25) is 4.79 Å². The normalized spacial score (nSPS) is 27.5. The molecule has 1 aromatic carbocycles. The second-order valence-electron chi connectivity index (χ2n) is 6.52. The summed E-state index contributed by atoms with van der Waals surface area (Å²) in [4.78, 5) is 12.2.